The predicted molar refractivity (Wildman–Crippen MR) is 70.9 cm³/mol. The Morgan fingerprint density at radius 3 is 3.00 bits per heavy atom. The average Bonchev–Trinajstić information content (AvgIpc) is 2.60. The average molecular weight is 270 g/mol. The first-order valence-corrected chi connectivity index (χ1v) is 6.41. The minimum absolute atomic E-state index is 0.111. The van der Waals surface area contributed by atoms with E-state index < -0.39 is 0 Å². The molecule has 1 aromatic carbocycles. The molecule has 0 atom stereocenters. The zero-order chi connectivity index (χ0) is 13.0. The van der Waals surface area contributed by atoms with Gasteiger partial charge in [0.25, 0.3) is 5.69 Å². The van der Waals surface area contributed by atoms with Crippen LogP contribution in [-0.4, -0.2) is 36.0 Å². The predicted octanol–water partition coefficient (Wildman–Crippen LogP) is 2.04. The maximum absolute atomic E-state index is 11.0. The van der Waals surface area contributed by atoms with Gasteiger partial charge in [-0.3, -0.25) is 15.0 Å². The molecule has 1 aromatic rings. The Balaban J connectivity index is 2.19. The number of hydrogen-bond acceptors (Lipinski definition) is 4. The molecule has 0 spiro atoms. The van der Waals surface area contributed by atoms with Crippen LogP contribution >= 0.6 is 11.6 Å². The molecule has 0 bridgehead atoms. The first-order chi connectivity index (χ1) is 8.68. The van der Waals surface area contributed by atoms with Crippen LogP contribution in [0, 0.1) is 10.1 Å². The smallest absolute Gasteiger partial charge is 0.275 e. The second kappa shape index (κ2) is 6.13. The summed E-state index contributed by atoms with van der Waals surface area (Å²) in [6, 6.07) is 4.84. The van der Waals surface area contributed by atoms with E-state index in [1.165, 1.54) is 6.07 Å². The molecule has 0 saturated carbocycles. The molecule has 2 rings (SSSR count). The topological polar surface area (TPSA) is 58.4 Å². The molecular weight excluding hydrogens is 254 g/mol. The zero-order valence-corrected chi connectivity index (χ0v) is 10.8. The quantitative estimate of drug-likeness (QED) is 0.674. The third-order valence-corrected chi connectivity index (χ3v) is 3.46. The summed E-state index contributed by atoms with van der Waals surface area (Å²) in [5.41, 5.74) is 0.728. The maximum atomic E-state index is 11.0. The van der Waals surface area contributed by atoms with Gasteiger partial charge in [0.2, 0.25) is 0 Å². The third-order valence-electron chi connectivity index (χ3n) is 3.11. The SMILES string of the molecule is O=[N+]([O-])c1cccc(Cl)c1CN1CCCNCC1. The van der Waals surface area contributed by atoms with Crippen LogP contribution in [0.5, 0.6) is 0 Å². The fourth-order valence-electron chi connectivity index (χ4n) is 2.16. The summed E-state index contributed by atoms with van der Waals surface area (Å²) in [7, 11) is 0. The van der Waals surface area contributed by atoms with Gasteiger partial charge in [-0.2, -0.15) is 0 Å². The minimum Gasteiger partial charge on any atom is -0.315 e. The molecule has 1 aliphatic heterocycles. The van der Waals surface area contributed by atoms with Crippen LogP contribution in [0.2, 0.25) is 5.02 Å². The van der Waals surface area contributed by atoms with E-state index in [0.29, 0.717) is 17.1 Å². The van der Waals surface area contributed by atoms with Gasteiger partial charge in [0.15, 0.2) is 0 Å². The molecule has 0 radical (unpaired) electrons. The monoisotopic (exact) mass is 269 g/mol. The van der Waals surface area contributed by atoms with Crippen molar-refractivity contribution in [2.24, 2.45) is 0 Å². The van der Waals surface area contributed by atoms with Crippen LogP contribution in [0.3, 0.4) is 0 Å². The summed E-state index contributed by atoms with van der Waals surface area (Å²) in [5, 5.41) is 14.8. The fraction of sp³-hybridized carbons (Fsp3) is 0.500. The molecule has 98 valence electrons. The lowest BCUT2D eigenvalue weighted by atomic mass is 10.1. The van der Waals surface area contributed by atoms with Crippen molar-refractivity contribution in [3.8, 4) is 0 Å². The van der Waals surface area contributed by atoms with Crippen molar-refractivity contribution in [1.82, 2.24) is 10.2 Å². The summed E-state index contributed by atoms with van der Waals surface area (Å²) in [5.74, 6) is 0. The Morgan fingerprint density at radius 2 is 2.22 bits per heavy atom. The van der Waals surface area contributed by atoms with Gasteiger partial charge in [0.05, 0.1) is 15.5 Å². The lowest BCUT2D eigenvalue weighted by Crippen LogP contribution is -2.28. The van der Waals surface area contributed by atoms with Crippen molar-refractivity contribution in [1.29, 1.82) is 0 Å². The Morgan fingerprint density at radius 1 is 1.39 bits per heavy atom. The van der Waals surface area contributed by atoms with E-state index in [0.717, 1.165) is 32.6 Å². The van der Waals surface area contributed by atoms with Gasteiger partial charge in [-0.25, -0.2) is 0 Å². The standard InChI is InChI=1S/C12H16ClN3O2/c13-11-3-1-4-12(16(17)18)10(11)9-15-7-2-5-14-6-8-15/h1,3-4,14H,2,5-9H2. The van der Waals surface area contributed by atoms with Crippen molar-refractivity contribution in [3.63, 3.8) is 0 Å². The lowest BCUT2D eigenvalue weighted by molar-refractivity contribution is -0.385. The molecule has 0 aromatic heterocycles. The summed E-state index contributed by atoms with van der Waals surface area (Å²) in [6.45, 7) is 4.29. The highest BCUT2D eigenvalue weighted by Crippen LogP contribution is 2.27. The number of hydrogen-bond donors (Lipinski definition) is 1. The van der Waals surface area contributed by atoms with E-state index in [1.807, 2.05) is 0 Å². The largest absolute Gasteiger partial charge is 0.315 e. The molecule has 1 heterocycles. The second-order valence-electron chi connectivity index (χ2n) is 4.37. The van der Waals surface area contributed by atoms with Crippen molar-refractivity contribution >= 4 is 17.3 Å². The van der Waals surface area contributed by atoms with Crippen LogP contribution in [-0.2, 0) is 6.54 Å². The van der Waals surface area contributed by atoms with Gasteiger partial charge in [0, 0.05) is 25.7 Å². The Kier molecular flexibility index (Phi) is 4.52. The Hall–Kier alpha value is -1.17. The highest BCUT2D eigenvalue weighted by Gasteiger charge is 2.19. The van der Waals surface area contributed by atoms with Gasteiger partial charge >= 0.3 is 0 Å². The first-order valence-electron chi connectivity index (χ1n) is 6.03. The van der Waals surface area contributed by atoms with Gasteiger partial charge in [-0.1, -0.05) is 17.7 Å². The maximum Gasteiger partial charge on any atom is 0.275 e. The van der Waals surface area contributed by atoms with Gasteiger partial charge in [-0.15, -0.1) is 0 Å². The summed E-state index contributed by atoms with van der Waals surface area (Å²) >= 11 is 6.09. The van der Waals surface area contributed by atoms with Crippen LogP contribution < -0.4 is 5.32 Å². The zero-order valence-electron chi connectivity index (χ0n) is 10.1. The molecule has 5 nitrogen and oxygen atoms in total. The molecule has 1 N–H and O–H groups in total. The number of nitro groups is 1. The van der Waals surface area contributed by atoms with E-state index in [1.54, 1.807) is 12.1 Å². The molecule has 1 fully saturated rings. The number of benzene rings is 1. The van der Waals surface area contributed by atoms with Crippen LogP contribution in [0.4, 0.5) is 5.69 Å². The molecule has 0 unspecified atom stereocenters. The van der Waals surface area contributed by atoms with Gasteiger partial charge in [-0.05, 0) is 25.6 Å². The molecule has 6 heteroatoms. The Bertz CT molecular complexity index is 431. The van der Waals surface area contributed by atoms with Gasteiger partial charge in [0.1, 0.15) is 0 Å². The van der Waals surface area contributed by atoms with Crippen molar-refractivity contribution in [3.05, 3.63) is 38.9 Å². The summed E-state index contributed by atoms with van der Waals surface area (Å²) in [4.78, 5) is 12.8. The Labute approximate surface area is 111 Å². The summed E-state index contributed by atoms with van der Waals surface area (Å²) < 4.78 is 0. The number of rotatable bonds is 3. The van der Waals surface area contributed by atoms with E-state index in [9.17, 15) is 10.1 Å². The van der Waals surface area contributed by atoms with E-state index in [4.69, 9.17) is 11.6 Å². The number of halogens is 1. The van der Waals surface area contributed by atoms with Crippen molar-refractivity contribution in [2.75, 3.05) is 26.2 Å². The van der Waals surface area contributed by atoms with Crippen LogP contribution in [0.1, 0.15) is 12.0 Å². The van der Waals surface area contributed by atoms with E-state index in [-0.39, 0.29) is 10.6 Å². The van der Waals surface area contributed by atoms with Gasteiger partial charge < -0.3 is 5.32 Å². The van der Waals surface area contributed by atoms with Crippen LogP contribution in [0.15, 0.2) is 18.2 Å². The van der Waals surface area contributed by atoms with E-state index in [2.05, 4.69) is 10.2 Å². The fourth-order valence-corrected chi connectivity index (χ4v) is 2.39. The van der Waals surface area contributed by atoms with E-state index >= 15 is 0 Å². The van der Waals surface area contributed by atoms with Crippen LogP contribution in [0.25, 0.3) is 0 Å². The number of nitrogens with zero attached hydrogens (tertiary/aromatic N) is 2. The lowest BCUT2D eigenvalue weighted by Gasteiger charge is -2.19. The molecule has 1 aliphatic rings. The second-order valence-corrected chi connectivity index (χ2v) is 4.78. The molecule has 0 amide bonds. The highest BCUT2D eigenvalue weighted by atomic mass is 35.5. The normalized spacial score (nSPS) is 17.4. The minimum atomic E-state index is -0.364. The first kappa shape index (κ1) is 13.3. The van der Waals surface area contributed by atoms with Crippen molar-refractivity contribution < 1.29 is 4.92 Å². The molecule has 18 heavy (non-hydrogen) atoms. The third kappa shape index (κ3) is 3.19. The molecular formula is C12H16ClN3O2. The number of nitrogens with one attached hydrogen (secondary N) is 1. The number of nitro benzene ring substituents is 1. The molecule has 0 aliphatic carbocycles. The highest BCUT2D eigenvalue weighted by molar-refractivity contribution is 6.31. The van der Waals surface area contributed by atoms with Crippen molar-refractivity contribution in [2.45, 2.75) is 13.0 Å². The summed E-state index contributed by atoms with van der Waals surface area (Å²) in [6.07, 6.45) is 1.05. The molecule has 1 saturated heterocycles.